The summed E-state index contributed by atoms with van der Waals surface area (Å²) in [6, 6.07) is 8.24. The lowest BCUT2D eigenvalue weighted by Crippen LogP contribution is -2.28. The van der Waals surface area contributed by atoms with Crippen LogP contribution in [0, 0.1) is 17.2 Å². The largest absolute Gasteiger partial charge is 0.243 e. The van der Waals surface area contributed by atoms with Crippen molar-refractivity contribution in [3.05, 3.63) is 29.3 Å². The van der Waals surface area contributed by atoms with Gasteiger partial charge in [0.25, 0.3) is 0 Å². The van der Waals surface area contributed by atoms with Gasteiger partial charge in [0.2, 0.25) is 10.0 Å². The molecule has 1 aliphatic rings. The minimum Gasteiger partial charge on any atom is -0.207 e. The predicted molar refractivity (Wildman–Crippen MR) is 68.5 cm³/mol. The highest BCUT2D eigenvalue weighted by molar-refractivity contribution is 7.89. The van der Waals surface area contributed by atoms with Crippen molar-refractivity contribution in [3.63, 3.8) is 0 Å². The molecule has 1 saturated heterocycles. The van der Waals surface area contributed by atoms with Gasteiger partial charge >= 0.3 is 0 Å². The molecule has 0 bridgehead atoms. The molecule has 0 amide bonds. The molecule has 1 aromatic carbocycles. The quantitative estimate of drug-likeness (QED) is 0.855. The van der Waals surface area contributed by atoms with Gasteiger partial charge in [-0.2, -0.15) is 9.57 Å². The second-order valence-corrected chi connectivity index (χ2v) is 6.71. The molecule has 0 aliphatic carbocycles. The number of hydrogen-bond donors (Lipinski definition) is 0. The predicted octanol–water partition coefficient (Wildman–Crippen LogP) is 2.26. The Morgan fingerprint density at radius 1 is 1.39 bits per heavy atom. The van der Waals surface area contributed by atoms with Crippen LogP contribution in [0.1, 0.15) is 12.8 Å². The first kappa shape index (κ1) is 13.3. The third kappa shape index (κ3) is 2.66. The van der Waals surface area contributed by atoms with E-state index in [0.29, 0.717) is 24.5 Å². The van der Waals surface area contributed by atoms with Crippen LogP contribution in [0.25, 0.3) is 0 Å². The highest BCUT2D eigenvalue weighted by atomic mass is 35.5. The summed E-state index contributed by atoms with van der Waals surface area (Å²) < 4.78 is 26.0. The summed E-state index contributed by atoms with van der Waals surface area (Å²) in [7, 11) is -3.44. The fourth-order valence-corrected chi connectivity index (χ4v) is 3.72. The maximum absolute atomic E-state index is 12.3. The molecular weight excluding hydrogens is 272 g/mol. The van der Waals surface area contributed by atoms with Crippen molar-refractivity contribution in [1.29, 1.82) is 5.26 Å². The zero-order valence-corrected chi connectivity index (χ0v) is 11.3. The van der Waals surface area contributed by atoms with Crippen LogP contribution in [0.3, 0.4) is 0 Å². The van der Waals surface area contributed by atoms with Crippen LogP contribution in [-0.4, -0.2) is 25.8 Å². The number of hydrogen-bond acceptors (Lipinski definition) is 3. The fraction of sp³-hybridized carbons (Fsp3) is 0.417. The fourth-order valence-electron chi connectivity index (χ4n) is 2.07. The Labute approximate surface area is 112 Å². The third-order valence-corrected chi connectivity index (χ3v) is 5.21. The minimum absolute atomic E-state index is 0.150. The molecule has 0 radical (unpaired) electrons. The van der Waals surface area contributed by atoms with E-state index < -0.39 is 10.0 Å². The van der Waals surface area contributed by atoms with Crippen LogP contribution in [0.2, 0.25) is 5.02 Å². The zero-order valence-electron chi connectivity index (χ0n) is 9.71. The van der Waals surface area contributed by atoms with Crippen molar-refractivity contribution in [2.24, 2.45) is 5.92 Å². The molecule has 0 N–H and O–H groups in total. The third-order valence-electron chi connectivity index (χ3n) is 3.08. The van der Waals surface area contributed by atoms with E-state index in [0.717, 1.165) is 6.42 Å². The molecule has 18 heavy (non-hydrogen) atoms. The summed E-state index contributed by atoms with van der Waals surface area (Å²) in [6.07, 6.45) is 1.16. The number of nitrogens with zero attached hydrogens (tertiary/aromatic N) is 2. The summed E-state index contributed by atoms with van der Waals surface area (Å²) in [5.41, 5.74) is 0. The van der Waals surface area contributed by atoms with Gasteiger partial charge in [0.05, 0.1) is 11.0 Å². The lowest BCUT2D eigenvalue weighted by atomic mass is 10.1. The average molecular weight is 285 g/mol. The number of sulfonamides is 1. The van der Waals surface area contributed by atoms with Gasteiger partial charge in [-0.05, 0) is 36.6 Å². The van der Waals surface area contributed by atoms with Gasteiger partial charge in [-0.15, -0.1) is 0 Å². The molecule has 2 rings (SSSR count). The molecule has 1 aromatic rings. The monoisotopic (exact) mass is 284 g/mol. The summed E-state index contributed by atoms with van der Waals surface area (Å²) in [6.45, 7) is 0.913. The average Bonchev–Trinajstić information content (AvgIpc) is 2.79. The number of nitriles is 1. The van der Waals surface area contributed by atoms with Crippen LogP contribution in [0.5, 0.6) is 0 Å². The number of benzene rings is 1. The molecule has 4 nitrogen and oxygen atoms in total. The first-order valence-electron chi connectivity index (χ1n) is 5.66. The lowest BCUT2D eigenvalue weighted by molar-refractivity contribution is 0.458. The smallest absolute Gasteiger partial charge is 0.207 e. The molecule has 0 saturated carbocycles. The first-order valence-corrected chi connectivity index (χ1v) is 7.48. The van der Waals surface area contributed by atoms with Crippen molar-refractivity contribution >= 4 is 21.6 Å². The second kappa shape index (κ2) is 5.27. The van der Waals surface area contributed by atoms with Gasteiger partial charge in [-0.1, -0.05) is 11.6 Å². The summed E-state index contributed by atoms with van der Waals surface area (Å²) in [5.74, 6) is 0.150. The van der Waals surface area contributed by atoms with Gasteiger partial charge in [0.1, 0.15) is 0 Å². The lowest BCUT2D eigenvalue weighted by Gasteiger charge is -2.16. The van der Waals surface area contributed by atoms with Gasteiger partial charge in [0.15, 0.2) is 0 Å². The van der Waals surface area contributed by atoms with E-state index in [1.165, 1.54) is 16.4 Å². The highest BCUT2D eigenvalue weighted by Gasteiger charge is 2.32. The van der Waals surface area contributed by atoms with Gasteiger partial charge in [-0.25, -0.2) is 8.42 Å². The second-order valence-electron chi connectivity index (χ2n) is 4.33. The van der Waals surface area contributed by atoms with Gasteiger partial charge in [0, 0.05) is 24.5 Å². The Kier molecular flexibility index (Phi) is 3.91. The van der Waals surface area contributed by atoms with Crippen molar-refractivity contribution in [3.8, 4) is 6.07 Å². The standard InChI is InChI=1S/C12H13ClN2O2S/c13-11-1-3-12(4-2-11)18(16,17)15-8-6-10(9-15)5-7-14/h1-4,10H,5-6,8-9H2. The topological polar surface area (TPSA) is 61.2 Å². The van der Waals surface area contributed by atoms with E-state index in [-0.39, 0.29) is 10.8 Å². The Morgan fingerprint density at radius 3 is 2.67 bits per heavy atom. The van der Waals surface area contributed by atoms with Crippen LogP contribution >= 0.6 is 11.6 Å². The van der Waals surface area contributed by atoms with Crippen LogP contribution in [-0.2, 0) is 10.0 Å². The maximum Gasteiger partial charge on any atom is 0.243 e. The molecule has 1 fully saturated rings. The Hall–Kier alpha value is -1.09. The summed E-state index contributed by atoms with van der Waals surface area (Å²) in [5, 5.41) is 9.14. The summed E-state index contributed by atoms with van der Waals surface area (Å²) >= 11 is 5.74. The molecule has 1 unspecified atom stereocenters. The SMILES string of the molecule is N#CCC1CCN(S(=O)(=O)c2ccc(Cl)cc2)C1. The van der Waals surface area contributed by atoms with Crippen LogP contribution < -0.4 is 0 Å². The number of halogens is 1. The first-order chi connectivity index (χ1) is 8.54. The molecule has 96 valence electrons. The highest BCUT2D eigenvalue weighted by Crippen LogP contribution is 2.26. The normalized spacial score (nSPS) is 20.8. The maximum atomic E-state index is 12.3. The molecule has 0 spiro atoms. The van der Waals surface area contributed by atoms with E-state index in [4.69, 9.17) is 16.9 Å². The van der Waals surface area contributed by atoms with E-state index in [1.807, 2.05) is 0 Å². The van der Waals surface area contributed by atoms with Crippen molar-refractivity contribution in [2.45, 2.75) is 17.7 Å². The summed E-state index contributed by atoms with van der Waals surface area (Å²) in [4.78, 5) is 0.254. The molecular formula is C12H13ClN2O2S. The Morgan fingerprint density at radius 2 is 2.06 bits per heavy atom. The number of rotatable bonds is 3. The van der Waals surface area contributed by atoms with E-state index in [2.05, 4.69) is 6.07 Å². The van der Waals surface area contributed by atoms with Gasteiger partial charge in [-0.3, -0.25) is 0 Å². The van der Waals surface area contributed by atoms with E-state index >= 15 is 0 Å². The molecule has 6 heteroatoms. The molecule has 1 heterocycles. The van der Waals surface area contributed by atoms with Crippen LogP contribution in [0.15, 0.2) is 29.2 Å². The molecule has 1 atom stereocenters. The molecule has 1 aliphatic heterocycles. The van der Waals surface area contributed by atoms with E-state index in [9.17, 15) is 8.42 Å². The van der Waals surface area contributed by atoms with E-state index in [1.54, 1.807) is 12.1 Å². The minimum atomic E-state index is -3.44. The molecule has 0 aromatic heterocycles. The van der Waals surface area contributed by atoms with Crippen LogP contribution in [0.4, 0.5) is 0 Å². The Bertz CT molecular complexity index is 563. The Balaban J connectivity index is 2.18. The van der Waals surface area contributed by atoms with Crippen molar-refractivity contribution in [2.75, 3.05) is 13.1 Å². The van der Waals surface area contributed by atoms with Crippen molar-refractivity contribution < 1.29 is 8.42 Å². The van der Waals surface area contributed by atoms with Gasteiger partial charge < -0.3 is 0 Å². The van der Waals surface area contributed by atoms with Crippen molar-refractivity contribution in [1.82, 2.24) is 4.31 Å². The zero-order chi connectivity index (χ0) is 13.2.